The summed E-state index contributed by atoms with van der Waals surface area (Å²) in [7, 11) is 0. The van der Waals surface area contributed by atoms with Crippen LogP contribution in [0.5, 0.6) is 0 Å². The molecule has 1 N–H and O–H groups in total. The van der Waals surface area contributed by atoms with Gasteiger partial charge in [0.1, 0.15) is 0 Å². The molecule has 2 atom stereocenters. The third-order valence-electron chi connectivity index (χ3n) is 5.24. The maximum absolute atomic E-state index is 6.13. The van der Waals surface area contributed by atoms with Crippen LogP contribution >= 0.6 is 0 Å². The number of benzene rings is 1. The molecule has 2 unspecified atom stereocenters. The Morgan fingerprint density at radius 3 is 2.76 bits per heavy atom. The molecule has 1 saturated heterocycles. The van der Waals surface area contributed by atoms with Gasteiger partial charge in [-0.3, -0.25) is 0 Å². The van der Waals surface area contributed by atoms with Crippen LogP contribution in [0.1, 0.15) is 57.4 Å². The lowest BCUT2D eigenvalue weighted by atomic mass is 9.88. The maximum Gasteiger partial charge on any atom is 0.0697 e. The van der Waals surface area contributed by atoms with E-state index in [1.165, 1.54) is 56.9 Å². The number of nitrogens with one attached hydrogen (secondary N) is 1. The van der Waals surface area contributed by atoms with E-state index in [4.69, 9.17) is 4.74 Å². The minimum atomic E-state index is 0.231. The van der Waals surface area contributed by atoms with E-state index in [2.05, 4.69) is 42.6 Å². The van der Waals surface area contributed by atoms with Gasteiger partial charge in [-0.2, -0.15) is 0 Å². The molecule has 1 saturated carbocycles. The Morgan fingerprint density at radius 1 is 1.24 bits per heavy atom. The molecule has 2 aliphatic rings. The molecule has 3 rings (SSSR count). The molecule has 1 aromatic carbocycles. The normalized spacial score (nSPS) is 26.0. The SMILES string of the molecule is CC(CCc1ccccc1)NC1CCOC2(CCCC2)C1. The van der Waals surface area contributed by atoms with Crippen molar-refractivity contribution in [1.82, 2.24) is 5.32 Å². The first-order valence-electron chi connectivity index (χ1n) is 8.70. The molecular weight excluding hydrogens is 258 g/mol. The maximum atomic E-state index is 6.13. The standard InChI is InChI=1S/C19H29NO/c1-16(9-10-17-7-3-2-4-8-17)20-18-11-14-21-19(15-18)12-5-6-13-19/h2-4,7-8,16,18,20H,5-6,9-15H2,1H3. The van der Waals surface area contributed by atoms with Crippen LogP contribution in [0.15, 0.2) is 30.3 Å². The zero-order chi connectivity index (χ0) is 14.5. The Balaban J connectivity index is 1.45. The van der Waals surface area contributed by atoms with E-state index in [-0.39, 0.29) is 5.60 Å². The Labute approximate surface area is 129 Å². The second kappa shape index (κ2) is 6.93. The summed E-state index contributed by atoms with van der Waals surface area (Å²) < 4.78 is 6.13. The fourth-order valence-electron chi connectivity index (χ4n) is 4.05. The second-order valence-corrected chi connectivity index (χ2v) is 7.02. The molecule has 0 radical (unpaired) electrons. The summed E-state index contributed by atoms with van der Waals surface area (Å²) >= 11 is 0. The summed E-state index contributed by atoms with van der Waals surface area (Å²) in [5.74, 6) is 0. The lowest BCUT2D eigenvalue weighted by Gasteiger charge is -2.39. The van der Waals surface area contributed by atoms with Gasteiger partial charge in [-0.05, 0) is 51.0 Å². The molecule has 0 amide bonds. The van der Waals surface area contributed by atoms with Crippen molar-refractivity contribution in [2.75, 3.05) is 6.61 Å². The Morgan fingerprint density at radius 2 is 2.00 bits per heavy atom. The number of hydrogen-bond donors (Lipinski definition) is 1. The zero-order valence-corrected chi connectivity index (χ0v) is 13.3. The van der Waals surface area contributed by atoms with Crippen molar-refractivity contribution in [3.63, 3.8) is 0 Å². The van der Waals surface area contributed by atoms with Crippen LogP contribution in [0.25, 0.3) is 0 Å². The van der Waals surface area contributed by atoms with Gasteiger partial charge in [-0.15, -0.1) is 0 Å². The van der Waals surface area contributed by atoms with Crippen LogP contribution in [0.3, 0.4) is 0 Å². The van der Waals surface area contributed by atoms with Gasteiger partial charge < -0.3 is 10.1 Å². The molecule has 1 spiro atoms. The molecule has 2 heteroatoms. The van der Waals surface area contributed by atoms with Crippen molar-refractivity contribution in [1.29, 1.82) is 0 Å². The molecule has 1 aliphatic heterocycles. The number of ether oxygens (including phenoxy) is 1. The highest BCUT2D eigenvalue weighted by Gasteiger charge is 2.39. The summed E-state index contributed by atoms with van der Waals surface area (Å²) in [4.78, 5) is 0. The Hall–Kier alpha value is -0.860. The summed E-state index contributed by atoms with van der Waals surface area (Å²) in [6, 6.07) is 12.1. The van der Waals surface area contributed by atoms with Crippen molar-refractivity contribution in [2.45, 2.75) is 76.0 Å². The van der Waals surface area contributed by atoms with Crippen molar-refractivity contribution in [3.05, 3.63) is 35.9 Å². The molecule has 116 valence electrons. The molecular formula is C19H29NO. The first-order chi connectivity index (χ1) is 10.3. The number of aryl methyl sites for hydroxylation is 1. The van der Waals surface area contributed by atoms with Crippen LogP contribution in [0.2, 0.25) is 0 Å². The van der Waals surface area contributed by atoms with E-state index in [0.29, 0.717) is 12.1 Å². The fraction of sp³-hybridized carbons (Fsp3) is 0.684. The molecule has 2 fully saturated rings. The van der Waals surface area contributed by atoms with E-state index in [1.54, 1.807) is 0 Å². The van der Waals surface area contributed by atoms with E-state index in [1.807, 2.05) is 0 Å². The minimum Gasteiger partial charge on any atom is -0.375 e. The van der Waals surface area contributed by atoms with Gasteiger partial charge in [0.25, 0.3) is 0 Å². The third kappa shape index (κ3) is 4.08. The quantitative estimate of drug-likeness (QED) is 0.880. The fourth-order valence-corrected chi connectivity index (χ4v) is 4.05. The monoisotopic (exact) mass is 287 g/mol. The van der Waals surface area contributed by atoms with E-state index < -0.39 is 0 Å². The topological polar surface area (TPSA) is 21.3 Å². The molecule has 1 heterocycles. The van der Waals surface area contributed by atoms with E-state index >= 15 is 0 Å². The third-order valence-corrected chi connectivity index (χ3v) is 5.24. The highest BCUT2D eigenvalue weighted by atomic mass is 16.5. The average molecular weight is 287 g/mol. The zero-order valence-electron chi connectivity index (χ0n) is 13.3. The van der Waals surface area contributed by atoms with Crippen molar-refractivity contribution >= 4 is 0 Å². The number of hydrogen-bond acceptors (Lipinski definition) is 2. The van der Waals surface area contributed by atoms with Crippen molar-refractivity contribution < 1.29 is 4.74 Å². The molecule has 2 nitrogen and oxygen atoms in total. The summed E-state index contributed by atoms with van der Waals surface area (Å²) in [5.41, 5.74) is 1.68. The molecule has 0 bridgehead atoms. The lowest BCUT2D eigenvalue weighted by molar-refractivity contribution is -0.0846. The molecule has 1 aliphatic carbocycles. The van der Waals surface area contributed by atoms with E-state index in [0.717, 1.165) is 6.61 Å². The number of rotatable bonds is 5. The van der Waals surface area contributed by atoms with Gasteiger partial charge in [0.15, 0.2) is 0 Å². The first-order valence-corrected chi connectivity index (χ1v) is 8.70. The van der Waals surface area contributed by atoms with E-state index in [9.17, 15) is 0 Å². The van der Waals surface area contributed by atoms with Gasteiger partial charge >= 0.3 is 0 Å². The first kappa shape index (κ1) is 15.1. The van der Waals surface area contributed by atoms with Crippen LogP contribution in [-0.2, 0) is 11.2 Å². The second-order valence-electron chi connectivity index (χ2n) is 7.02. The Kier molecular flexibility index (Phi) is 4.97. The minimum absolute atomic E-state index is 0.231. The average Bonchev–Trinajstić information content (AvgIpc) is 2.94. The Bertz CT molecular complexity index is 424. The lowest BCUT2D eigenvalue weighted by Crippen LogP contribution is -2.48. The molecule has 0 aromatic heterocycles. The molecule has 21 heavy (non-hydrogen) atoms. The summed E-state index contributed by atoms with van der Waals surface area (Å²) in [5, 5.41) is 3.86. The predicted molar refractivity (Wildman–Crippen MR) is 87.5 cm³/mol. The molecule has 1 aromatic rings. The predicted octanol–water partition coefficient (Wildman–Crippen LogP) is 4.09. The summed E-state index contributed by atoms with van der Waals surface area (Å²) in [6.07, 6.45) is 10.1. The van der Waals surface area contributed by atoms with Crippen LogP contribution in [-0.4, -0.2) is 24.3 Å². The highest BCUT2D eigenvalue weighted by molar-refractivity contribution is 5.14. The highest BCUT2D eigenvalue weighted by Crippen LogP contribution is 2.40. The van der Waals surface area contributed by atoms with Gasteiger partial charge in [-0.25, -0.2) is 0 Å². The van der Waals surface area contributed by atoms with Gasteiger partial charge in [0.05, 0.1) is 5.60 Å². The van der Waals surface area contributed by atoms with Gasteiger partial charge in [0.2, 0.25) is 0 Å². The van der Waals surface area contributed by atoms with Gasteiger partial charge in [0, 0.05) is 18.7 Å². The van der Waals surface area contributed by atoms with Crippen LogP contribution in [0, 0.1) is 0 Å². The van der Waals surface area contributed by atoms with Gasteiger partial charge in [-0.1, -0.05) is 43.2 Å². The smallest absolute Gasteiger partial charge is 0.0697 e. The largest absolute Gasteiger partial charge is 0.375 e. The summed E-state index contributed by atoms with van der Waals surface area (Å²) in [6.45, 7) is 3.28. The van der Waals surface area contributed by atoms with Crippen molar-refractivity contribution in [3.8, 4) is 0 Å². The van der Waals surface area contributed by atoms with Crippen LogP contribution < -0.4 is 5.32 Å². The van der Waals surface area contributed by atoms with Crippen molar-refractivity contribution in [2.24, 2.45) is 0 Å². The van der Waals surface area contributed by atoms with Crippen LogP contribution in [0.4, 0.5) is 0 Å².